The van der Waals surface area contributed by atoms with E-state index in [2.05, 4.69) is 10.6 Å². The average molecular weight is 296 g/mol. The number of rotatable bonds is 3. The molecule has 0 saturated carbocycles. The van der Waals surface area contributed by atoms with Crippen LogP contribution in [0.1, 0.15) is 30.1 Å². The second-order valence-corrected chi connectivity index (χ2v) is 5.26. The van der Waals surface area contributed by atoms with E-state index >= 15 is 0 Å². The highest BCUT2D eigenvalue weighted by Gasteiger charge is 2.29. The fourth-order valence-electron chi connectivity index (χ4n) is 2.31. The van der Waals surface area contributed by atoms with E-state index in [9.17, 15) is 14.0 Å². The van der Waals surface area contributed by atoms with E-state index in [0.717, 1.165) is 18.9 Å². The first-order valence-corrected chi connectivity index (χ1v) is 6.60. The standard InChI is InChI=1S/C14H17FN2O4/c1-14(6-3-7-21-8-14)17-13(20)16-10-5-2-4-9(15)11(10)12(18)19/h2,4-5H,3,6-8H2,1H3,(H,18,19)(H2,16,17,20). The van der Waals surface area contributed by atoms with Crippen LogP contribution in [0.25, 0.3) is 0 Å². The average Bonchev–Trinajstić information content (AvgIpc) is 2.38. The fourth-order valence-corrected chi connectivity index (χ4v) is 2.31. The van der Waals surface area contributed by atoms with Crippen molar-refractivity contribution in [2.75, 3.05) is 18.5 Å². The number of anilines is 1. The maximum absolute atomic E-state index is 13.5. The fraction of sp³-hybridized carbons (Fsp3) is 0.429. The Morgan fingerprint density at radius 1 is 1.43 bits per heavy atom. The van der Waals surface area contributed by atoms with Gasteiger partial charge in [0.2, 0.25) is 0 Å². The molecule has 1 aliphatic rings. The number of benzene rings is 1. The first-order chi connectivity index (χ1) is 9.91. The monoisotopic (exact) mass is 296 g/mol. The molecule has 0 aromatic heterocycles. The minimum Gasteiger partial charge on any atom is -0.478 e. The number of carbonyl (C=O) groups is 2. The van der Waals surface area contributed by atoms with E-state index in [4.69, 9.17) is 9.84 Å². The van der Waals surface area contributed by atoms with Crippen LogP contribution < -0.4 is 10.6 Å². The van der Waals surface area contributed by atoms with E-state index in [-0.39, 0.29) is 5.69 Å². The number of amides is 2. The molecule has 1 unspecified atom stereocenters. The molecular formula is C14H17FN2O4. The number of carboxylic acid groups (broad SMARTS) is 1. The van der Waals surface area contributed by atoms with Gasteiger partial charge in [-0.05, 0) is 31.9 Å². The summed E-state index contributed by atoms with van der Waals surface area (Å²) in [4.78, 5) is 23.0. The van der Waals surface area contributed by atoms with Gasteiger partial charge < -0.3 is 20.5 Å². The molecule has 1 heterocycles. The minimum absolute atomic E-state index is 0.0830. The summed E-state index contributed by atoms with van der Waals surface area (Å²) in [7, 11) is 0. The van der Waals surface area contributed by atoms with Crippen LogP contribution in [-0.2, 0) is 4.74 Å². The zero-order valence-electron chi connectivity index (χ0n) is 11.6. The molecule has 1 aromatic carbocycles. The molecule has 2 amide bonds. The van der Waals surface area contributed by atoms with Crippen LogP contribution in [0, 0.1) is 5.82 Å². The van der Waals surface area contributed by atoms with Gasteiger partial charge in [0.25, 0.3) is 0 Å². The van der Waals surface area contributed by atoms with E-state index < -0.39 is 28.9 Å². The van der Waals surface area contributed by atoms with Crippen LogP contribution in [0.15, 0.2) is 18.2 Å². The smallest absolute Gasteiger partial charge is 0.340 e. The van der Waals surface area contributed by atoms with Gasteiger partial charge in [-0.2, -0.15) is 0 Å². The van der Waals surface area contributed by atoms with Crippen molar-refractivity contribution in [1.29, 1.82) is 0 Å². The number of halogens is 1. The van der Waals surface area contributed by atoms with Gasteiger partial charge in [-0.25, -0.2) is 14.0 Å². The molecule has 1 aliphatic heterocycles. The number of hydrogen-bond acceptors (Lipinski definition) is 3. The van der Waals surface area contributed by atoms with Crippen molar-refractivity contribution < 1.29 is 23.8 Å². The normalized spacial score (nSPS) is 21.6. The van der Waals surface area contributed by atoms with Crippen molar-refractivity contribution in [2.45, 2.75) is 25.3 Å². The number of carbonyl (C=O) groups excluding carboxylic acids is 1. The Morgan fingerprint density at radius 3 is 2.81 bits per heavy atom. The first-order valence-electron chi connectivity index (χ1n) is 6.60. The molecule has 6 nitrogen and oxygen atoms in total. The molecule has 0 radical (unpaired) electrons. The Balaban J connectivity index is 2.09. The Bertz CT molecular complexity index is 556. The lowest BCUT2D eigenvalue weighted by molar-refractivity contribution is 0.0342. The maximum Gasteiger partial charge on any atom is 0.340 e. The largest absolute Gasteiger partial charge is 0.478 e. The molecule has 0 bridgehead atoms. The second-order valence-electron chi connectivity index (χ2n) is 5.26. The SMILES string of the molecule is CC1(NC(=O)Nc2cccc(F)c2C(=O)O)CCCOC1. The van der Waals surface area contributed by atoms with Gasteiger partial charge in [0.05, 0.1) is 17.8 Å². The van der Waals surface area contributed by atoms with Crippen molar-refractivity contribution in [3.63, 3.8) is 0 Å². The number of hydrogen-bond donors (Lipinski definition) is 3. The molecule has 114 valence electrons. The third-order valence-electron chi connectivity index (χ3n) is 3.33. The summed E-state index contributed by atoms with van der Waals surface area (Å²) in [5.41, 5.74) is -1.16. The number of carboxylic acids is 1. The van der Waals surface area contributed by atoms with Crippen LogP contribution in [0.2, 0.25) is 0 Å². The lowest BCUT2D eigenvalue weighted by Gasteiger charge is -2.34. The quantitative estimate of drug-likeness (QED) is 0.798. The number of urea groups is 1. The highest BCUT2D eigenvalue weighted by molar-refractivity contribution is 6.00. The molecule has 21 heavy (non-hydrogen) atoms. The molecule has 1 aromatic rings. The molecular weight excluding hydrogens is 279 g/mol. The second kappa shape index (κ2) is 6.09. The first kappa shape index (κ1) is 15.2. The lowest BCUT2D eigenvalue weighted by Crippen LogP contribution is -2.52. The minimum atomic E-state index is -1.43. The van der Waals surface area contributed by atoms with Gasteiger partial charge in [-0.3, -0.25) is 0 Å². The van der Waals surface area contributed by atoms with Gasteiger partial charge in [0.1, 0.15) is 11.4 Å². The lowest BCUT2D eigenvalue weighted by atomic mass is 9.95. The van der Waals surface area contributed by atoms with E-state index in [1.54, 1.807) is 0 Å². The van der Waals surface area contributed by atoms with E-state index in [1.807, 2.05) is 6.92 Å². The molecule has 2 rings (SSSR count). The number of ether oxygens (including phenoxy) is 1. The third-order valence-corrected chi connectivity index (χ3v) is 3.33. The summed E-state index contributed by atoms with van der Waals surface area (Å²) >= 11 is 0. The molecule has 7 heteroatoms. The van der Waals surface area contributed by atoms with Crippen molar-refractivity contribution >= 4 is 17.7 Å². The summed E-state index contributed by atoms with van der Waals surface area (Å²) in [5.74, 6) is -2.33. The van der Waals surface area contributed by atoms with Crippen LogP contribution in [-0.4, -0.2) is 35.9 Å². The van der Waals surface area contributed by atoms with E-state index in [1.165, 1.54) is 12.1 Å². The zero-order chi connectivity index (χ0) is 15.5. The van der Waals surface area contributed by atoms with Crippen LogP contribution in [0.5, 0.6) is 0 Å². The molecule has 0 spiro atoms. The highest BCUT2D eigenvalue weighted by atomic mass is 19.1. The van der Waals surface area contributed by atoms with E-state index in [0.29, 0.717) is 13.2 Å². The van der Waals surface area contributed by atoms with Crippen molar-refractivity contribution in [2.24, 2.45) is 0 Å². The molecule has 1 fully saturated rings. The maximum atomic E-state index is 13.5. The summed E-state index contributed by atoms with van der Waals surface area (Å²) in [6, 6.07) is 3.12. The predicted octanol–water partition coefficient (Wildman–Crippen LogP) is 2.21. The van der Waals surface area contributed by atoms with Gasteiger partial charge in [-0.1, -0.05) is 6.07 Å². The molecule has 3 N–H and O–H groups in total. The zero-order valence-corrected chi connectivity index (χ0v) is 11.6. The van der Waals surface area contributed by atoms with Crippen LogP contribution in [0.3, 0.4) is 0 Å². The molecule has 1 saturated heterocycles. The van der Waals surface area contributed by atoms with Crippen molar-refractivity contribution in [1.82, 2.24) is 5.32 Å². The Kier molecular flexibility index (Phi) is 4.42. The summed E-state index contributed by atoms with van der Waals surface area (Å²) in [6.45, 7) is 2.89. The Morgan fingerprint density at radius 2 is 2.19 bits per heavy atom. The topological polar surface area (TPSA) is 87.7 Å². The highest BCUT2D eigenvalue weighted by Crippen LogP contribution is 2.21. The van der Waals surface area contributed by atoms with Crippen molar-refractivity contribution in [3.05, 3.63) is 29.6 Å². The predicted molar refractivity (Wildman–Crippen MR) is 74.0 cm³/mol. The van der Waals surface area contributed by atoms with Crippen LogP contribution in [0.4, 0.5) is 14.9 Å². The van der Waals surface area contributed by atoms with Gasteiger partial charge in [-0.15, -0.1) is 0 Å². The van der Waals surface area contributed by atoms with Crippen molar-refractivity contribution in [3.8, 4) is 0 Å². The van der Waals surface area contributed by atoms with Gasteiger partial charge in [0, 0.05) is 6.61 Å². The van der Waals surface area contributed by atoms with Gasteiger partial charge in [0.15, 0.2) is 0 Å². The Hall–Kier alpha value is -2.15. The van der Waals surface area contributed by atoms with Gasteiger partial charge >= 0.3 is 12.0 Å². The summed E-state index contributed by atoms with van der Waals surface area (Å²) in [5, 5.41) is 14.1. The molecule has 1 atom stereocenters. The summed E-state index contributed by atoms with van der Waals surface area (Å²) in [6.07, 6.45) is 1.59. The number of nitrogens with one attached hydrogen (secondary N) is 2. The molecule has 0 aliphatic carbocycles. The Labute approximate surface area is 121 Å². The van der Waals surface area contributed by atoms with Crippen LogP contribution >= 0.6 is 0 Å². The third kappa shape index (κ3) is 3.69. The summed E-state index contributed by atoms with van der Waals surface area (Å²) < 4.78 is 18.8. The number of aromatic carboxylic acids is 1.